The number of rotatable bonds is 6. The third kappa shape index (κ3) is 4.23. The molecule has 0 unspecified atom stereocenters. The van der Waals surface area contributed by atoms with E-state index in [1.165, 1.54) is 12.7 Å². The fourth-order valence-electron chi connectivity index (χ4n) is 7.24. The Labute approximate surface area is 202 Å². The summed E-state index contributed by atoms with van der Waals surface area (Å²) in [5, 5.41) is 11.5. The molecule has 6 nitrogen and oxygen atoms in total. The fourth-order valence-corrected chi connectivity index (χ4v) is 7.24. The van der Waals surface area contributed by atoms with Gasteiger partial charge < -0.3 is 24.1 Å². The van der Waals surface area contributed by atoms with Gasteiger partial charge in [0.25, 0.3) is 0 Å². The van der Waals surface area contributed by atoms with Gasteiger partial charge in [-0.15, -0.1) is 0 Å². The van der Waals surface area contributed by atoms with Gasteiger partial charge in [-0.3, -0.25) is 4.79 Å². The Morgan fingerprint density at radius 1 is 1.15 bits per heavy atom. The topological polar surface area (TPSA) is 74.2 Å². The molecule has 1 heterocycles. The third-order valence-corrected chi connectivity index (χ3v) is 8.65. The zero-order valence-corrected chi connectivity index (χ0v) is 20.5. The van der Waals surface area contributed by atoms with E-state index in [9.17, 15) is 9.90 Å². The maximum atomic E-state index is 13.2. The van der Waals surface area contributed by atoms with Crippen LogP contribution in [0.1, 0.15) is 51.5 Å². The predicted molar refractivity (Wildman–Crippen MR) is 127 cm³/mol. The molecule has 4 aliphatic rings. The number of hydrogen-bond donors (Lipinski definition) is 1. The highest BCUT2D eigenvalue weighted by Gasteiger charge is 2.58. The monoisotopic (exact) mass is 470 g/mol. The summed E-state index contributed by atoms with van der Waals surface area (Å²) in [6.45, 7) is 5.20. The zero-order valence-electron chi connectivity index (χ0n) is 20.5. The third-order valence-electron chi connectivity index (χ3n) is 8.65. The maximum Gasteiger partial charge on any atom is 0.311 e. The van der Waals surface area contributed by atoms with E-state index < -0.39 is 18.5 Å². The van der Waals surface area contributed by atoms with Crippen LogP contribution in [0.4, 0.5) is 0 Å². The number of benzene rings is 1. The molecule has 1 saturated carbocycles. The van der Waals surface area contributed by atoms with E-state index in [-0.39, 0.29) is 29.8 Å². The van der Waals surface area contributed by atoms with Gasteiger partial charge in [0.2, 0.25) is 0 Å². The molecule has 0 aromatic heterocycles. The smallest absolute Gasteiger partial charge is 0.311 e. The highest BCUT2D eigenvalue weighted by molar-refractivity contribution is 5.75. The van der Waals surface area contributed by atoms with E-state index in [0.29, 0.717) is 37.9 Å². The summed E-state index contributed by atoms with van der Waals surface area (Å²) in [6.07, 6.45) is 2.82. The van der Waals surface area contributed by atoms with E-state index in [2.05, 4.69) is 19.1 Å². The van der Waals surface area contributed by atoms with Crippen molar-refractivity contribution in [2.75, 3.05) is 13.7 Å². The van der Waals surface area contributed by atoms with Gasteiger partial charge in [0.15, 0.2) is 6.29 Å². The highest BCUT2D eigenvalue weighted by Crippen LogP contribution is 2.57. The minimum atomic E-state index is -0.660. The molecule has 1 aromatic carbocycles. The van der Waals surface area contributed by atoms with Crippen molar-refractivity contribution in [3.05, 3.63) is 47.0 Å². The molecule has 5 rings (SSSR count). The van der Waals surface area contributed by atoms with Gasteiger partial charge >= 0.3 is 5.97 Å². The second kappa shape index (κ2) is 10.1. The average Bonchev–Trinajstić information content (AvgIpc) is 2.85. The number of carbonyl (C=O) groups excluding carboxylic acids is 1. The Morgan fingerprint density at radius 3 is 2.68 bits per heavy atom. The van der Waals surface area contributed by atoms with Gasteiger partial charge in [-0.25, -0.2) is 0 Å². The van der Waals surface area contributed by atoms with Crippen LogP contribution in [-0.2, 0) is 30.3 Å². The normalized spacial score (nSPS) is 39.2. The second-order valence-electron chi connectivity index (χ2n) is 10.4. The first-order chi connectivity index (χ1) is 16.5. The number of esters is 1. The lowest BCUT2D eigenvalue weighted by Gasteiger charge is -2.56. The SMILES string of the molecule is CCO[C@H]1C[C@@H]2C3=C(C[C@@H](OCc4ccccc4)[C@H]2O)[C@H]2CCC[C@@H](C)[C@@H]2[C@@H](C(=O)OC)[C@H]3O1. The van der Waals surface area contributed by atoms with Crippen molar-refractivity contribution in [1.82, 2.24) is 0 Å². The molecule has 6 heteroatoms. The predicted octanol–water partition coefficient (Wildman–Crippen LogP) is 4.26. The molecule has 1 saturated heterocycles. The first-order valence-electron chi connectivity index (χ1n) is 12.9. The Hall–Kier alpha value is -1.73. The van der Waals surface area contributed by atoms with E-state index >= 15 is 0 Å². The van der Waals surface area contributed by atoms with Gasteiger partial charge in [0.1, 0.15) is 0 Å². The standard InChI is InChI=1S/C28H38O6/c1-4-32-22-14-20-24-19(13-21(26(20)29)33-15-17-10-6-5-7-11-17)18-12-8-9-16(2)23(18)25(27(24)34-22)28(30)31-3/h5-7,10-11,16,18,20-23,25-27,29H,4,8-9,12-15H2,1-3H3/t16-,18-,20-,21-,22-,23+,25-,26+,27+/m1/s1. The Balaban J connectivity index is 1.52. The lowest BCUT2D eigenvalue weighted by molar-refractivity contribution is -0.226. The molecular formula is C28H38O6. The summed E-state index contributed by atoms with van der Waals surface area (Å²) in [5.74, 6) is 0.198. The van der Waals surface area contributed by atoms with Crippen LogP contribution in [0.15, 0.2) is 41.5 Å². The van der Waals surface area contributed by atoms with Gasteiger partial charge in [0, 0.05) is 18.9 Å². The number of hydrogen-bond acceptors (Lipinski definition) is 6. The first-order valence-corrected chi connectivity index (χ1v) is 12.9. The lowest BCUT2D eigenvalue weighted by Crippen LogP contribution is -2.58. The second-order valence-corrected chi connectivity index (χ2v) is 10.4. The van der Waals surface area contributed by atoms with Gasteiger partial charge in [0.05, 0.1) is 37.9 Å². The number of ether oxygens (including phenoxy) is 4. The molecule has 3 aliphatic carbocycles. The van der Waals surface area contributed by atoms with Gasteiger partial charge in [-0.1, -0.05) is 55.7 Å². The van der Waals surface area contributed by atoms with Crippen molar-refractivity contribution in [2.45, 2.75) is 77.2 Å². The Kier molecular flexibility index (Phi) is 7.12. The first kappa shape index (κ1) is 24.0. The minimum Gasteiger partial charge on any atom is -0.469 e. The summed E-state index contributed by atoms with van der Waals surface area (Å²) >= 11 is 0. The van der Waals surface area contributed by atoms with Gasteiger partial charge in [-0.2, -0.15) is 0 Å². The summed E-state index contributed by atoms with van der Waals surface area (Å²) in [5.41, 5.74) is 3.60. The lowest BCUT2D eigenvalue weighted by atomic mass is 9.54. The molecule has 1 aliphatic heterocycles. The number of fused-ring (bicyclic) bond motifs is 2. The zero-order chi connectivity index (χ0) is 23.8. The maximum absolute atomic E-state index is 13.2. The van der Waals surface area contributed by atoms with Crippen LogP contribution in [0.25, 0.3) is 0 Å². The molecule has 186 valence electrons. The van der Waals surface area contributed by atoms with E-state index in [1.54, 1.807) is 0 Å². The van der Waals surface area contributed by atoms with Crippen molar-refractivity contribution in [3.63, 3.8) is 0 Å². The molecular weight excluding hydrogens is 432 g/mol. The molecule has 0 radical (unpaired) electrons. The summed E-state index contributed by atoms with van der Waals surface area (Å²) < 4.78 is 24.1. The molecule has 9 atom stereocenters. The van der Waals surface area contributed by atoms with Crippen molar-refractivity contribution in [3.8, 4) is 0 Å². The largest absolute Gasteiger partial charge is 0.469 e. The Bertz CT molecular complexity index is 897. The molecule has 2 fully saturated rings. The molecule has 1 N–H and O–H groups in total. The van der Waals surface area contributed by atoms with Crippen LogP contribution < -0.4 is 0 Å². The van der Waals surface area contributed by atoms with Crippen LogP contribution in [0.3, 0.4) is 0 Å². The van der Waals surface area contributed by atoms with E-state index in [4.69, 9.17) is 18.9 Å². The molecule has 1 aromatic rings. The van der Waals surface area contributed by atoms with Crippen molar-refractivity contribution in [1.29, 1.82) is 0 Å². The molecule has 0 spiro atoms. The summed E-state index contributed by atoms with van der Waals surface area (Å²) in [4.78, 5) is 13.2. The summed E-state index contributed by atoms with van der Waals surface area (Å²) in [6, 6.07) is 10.1. The average molecular weight is 471 g/mol. The molecule has 34 heavy (non-hydrogen) atoms. The van der Waals surface area contributed by atoms with Crippen LogP contribution in [0.2, 0.25) is 0 Å². The fraction of sp³-hybridized carbons (Fsp3) is 0.679. The van der Waals surface area contributed by atoms with E-state index in [0.717, 1.165) is 30.4 Å². The quantitative estimate of drug-likeness (QED) is 0.495. The minimum absolute atomic E-state index is 0.134. The molecule has 0 bridgehead atoms. The summed E-state index contributed by atoms with van der Waals surface area (Å²) in [7, 11) is 1.47. The van der Waals surface area contributed by atoms with Crippen LogP contribution in [-0.4, -0.2) is 49.4 Å². The van der Waals surface area contributed by atoms with Gasteiger partial charge in [-0.05, 0) is 48.7 Å². The van der Waals surface area contributed by atoms with Crippen molar-refractivity contribution in [2.24, 2.45) is 29.6 Å². The number of carbonyl (C=O) groups is 1. The van der Waals surface area contributed by atoms with E-state index in [1.807, 2.05) is 25.1 Å². The number of aliphatic hydroxyl groups excluding tert-OH is 1. The van der Waals surface area contributed by atoms with Crippen LogP contribution >= 0.6 is 0 Å². The highest BCUT2D eigenvalue weighted by atomic mass is 16.7. The number of methoxy groups -OCH3 is 1. The number of aliphatic hydroxyl groups is 1. The van der Waals surface area contributed by atoms with Crippen LogP contribution in [0.5, 0.6) is 0 Å². The van der Waals surface area contributed by atoms with Crippen molar-refractivity contribution >= 4 is 5.97 Å². The Morgan fingerprint density at radius 2 is 1.94 bits per heavy atom. The van der Waals surface area contributed by atoms with Crippen molar-refractivity contribution < 1.29 is 28.8 Å². The molecule has 0 amide bonds. The van der Waals surface area contributed by atoms with Crippen LogP contribution in [0, 0.1) is 29.6 Å².